The van der Waals surface area contributed by atoms with Crippen molar-refractivity contribution in [1.29, 1.82) is 0 Å². The van der Waals surface area contributed by atoms with Crippen LogP contribution in [0.4, 0.5) is 5.69 Å². The molecule has 96 valence electrons. The van der Waals surface area contributed by atoms with E-state index in [1.165, 1.54) is 19.3 Å². The zero-order chi connectivity index (χ0) is 12.8. The van der Waals surface area contributed by atoms with Gasteiger partial charge >= 0.3 is 0 Å². The van der Waals surface area contributed by atoms with Gasteiger partial charge < -0.3 is 5.32 Å². The molecular formula is C14H20N4. The maximum atomic E-state index is 4.18. The smallest absolute Gasteiger partial charge is 0.138 e. The highest BCUT2D eigenvalue weighted by atomic mass is 15.3. The summed E-state index contributed by atoms with van der Waals surface area (Å²) in [6.45, 7) is 4.43. The number of aromatic nitrogens is 3. The van der Waals surface area contributed by atoms with Crippen molar-refractivity contribution in [1.82, 2.24) is 14.8 Å². The Balaban J connectivity index is 2.13. The minimum atomic E-state index is 0.467. The summed E-state index contributed by atoms with van der Waals surface area (Å²) in [6.07, 6.45) is 6.94. The molecule has 0 aliphatic rings. The van der Waals surface area contributed by atoms with Crippen LogP contribution in [-0.2, 0) is 0 Å². The molecule has 18 heavy (non-hydrogen) atoms. The first-order chi connectivity index (χ1) is 8.81. The van der Waals surface area contributed by atoms with E-state index in [9.17, 15) is 0 Å². The second-order valence-corrected chi connectivity index (χ2v) is 4.54. The Hall–Kier alpha value is -1.84. The quantitative estimate of drug-likeness (QED) is 0.848. The molecule has 1 N–H and O–H groups in total. The van der Waals surface area contributed by atoms with Crippen molar-refractivity contribution in [2.24, 2.45) is 0 Å². The Morgan fingerprint density at radius 3 is 2.89 bits per heavy atom. The summed E-state index contributed by atoms with van der Waals surface area (Å²) in [5.41, 5.74) is 2.14. The molecule has 0 bridgehead atoms. The van der Waals surface area contributed by atoms with E-state index in [-0.39, 0.29) is 0 Å². The Morgan fingerprint density at radius 2 is 2.17 bits per heavy atom. The molecule has 4 nitrogen and oxygen atoms in total. The van der Waals surface area contributed by atoms with Gasteiger partial charge in [-0.25, -0.2) is 9.67 Å². The van der Waals surface area contributed by atoms with Gasteiger partial charge in [0.15, 0.2) is 0 Å². The average Bonchev–Trinajstić information content (AvgIpc) is 2.91. The molecule has 0 amide bonds. The van der Waals surface area contributed by atoms with Gasteiger partial charge in [0.25, 0.3) is 0 Å². The van der Waals surface area contributed by atoms with Crippen molar-refractivity contribution >= 4 is 5.69 Å². The van der Waals surface area contributed by atoms with Crippen molar-refractivity contribution in [3.8, 4) is 5.69 Å². The lowest BCUT2D eigenvalue weighted by molar-refractivity contribution is 0.644. The monoisotopic (exact) mass is 244 g/mol. The zero-order valence-corrected chi connectivity index (χ0v) is 11.0. The largest absolute Gasteiger partial charge is 0.381 e. The molecule has 1 aromatic heterocycles. The van der Waals surface area contributed by atoms with Crippen LogP contribution in [0.15, 0.2) is 36.9 Å². The van der Waals surface area contributed by atoms with Gasteiger partial charge in [0.05, 0.1) is 11.4 Å². The van der Waals surface area contributed by atoms with Gasteiger partial charge in [0.2, 0.25) is 0 Å². The van der Waals surface area contributed by atoms with E-state index >= 15 is 0 Å². The first-order valence-corrected chi connectivity index (χ1v) is 6.52. The normalized spacial score (nSPS) is 12.3. The van der Waals surface area contributed by atoms with Crippen molar-refractivity contribution < 1.29 is 0 Å². The molecular weight excluding hydrogens is 224 g/mol. The van der Waals surface area contributed by atoms with E-state index in [0.717, 1.165) is 11.4 Å². The summed E-state index contributed by atoms with van der Waals surface area (Å²) in [6, 6.07) is 8.65. The minimum Gasteiger partial charge on any atom is -0.381 e. The van der Waals surface area contributed by atoms with E-state index < -0.39 is 0 Å². The number of nitrogens with zero attached hydrogens (tertiary/aromatic N) is 3. The third-order valence-electron chi connectivity index (χ3n) is 2.96. The van der Waals surface area contributed by atoms with Crippen molar-refractivity contribution in [3.63, 3.8) is 0 Å². The van der Waals surface area contributed by atoms with Crippen molar-refractivity contribution in [2.75, 3.05) is 5.32 Å². The fourth-order valence-electron chi connectivity index (χ4n) is 1.98. The van der Waals surface area contributed by atoms with Crippen LogP contribution in [0.5, 0.6) is 0 Å². The lowest BCUT2D eigenvalue weighted by Crippen LogP contribution is -2.16. The molecule has 0 fully saturated rings. The predicted molar refractivity (Wildman–Crippen MR) is 74.0 cm³/mol. The summed E-state index contributed by atoms with van der Waals surface area (Å²) in [7, 11) is 0. The highest BCUT2D eigenvalue weighted by molar-refractivity contribution is 5.60. The lowest BCUT2D eigenvalue weighted by Gasteiger charge is -2.17. The van der Waals surface area contributed by atoms with Gasteiger partial charge in [-0.1, -0.05) is 31.9 Å². The summed E-state index contributed by atoms with van der Waals surface area (Å²) >= 11 is 0. The molecule has 0 saturated heterocycles. The van der Waals surface area contributed by atoms with Crippen LogP contribution in [0.1, 0.15) is 33.1 Å². The molecule has 1 unspecified atom stereocenters. The number of para-hydroxylation sites is 2. The third-order valence-corrected chi connectivity index (χ3v) is 2.96. The summed E-state index contributed by atoms with van der Waals surface area (Å²) in [5, 5.41) is 7.73. The molecule has 2 rings (SSSR count). The maximum Gasteiger partial charge on any atom is 0.138 e. The SMILES string of the molecule is CCCCC(C)Nc1ccccc1-n1cncn1. The highest BCUT2D eigenvalue weighted by Crippen LogP contribution is 2.20. The van der Waals surface area contributed by atoms with Gasteiger partial charge in [-0.2, -0.15) is 5.10 Å². The molecule has 0 aliphatic carbocycles. The second-order valence-electron chi connectivity index (χ2n) is 4.54. The molecule has 0 saturated carbocycles. The summed E-state index contributed by atoms with van der Waals surface area (Å²) in [5.74, 6) is 0. The fourth-order valence-corrected chi connectivity index (χ4v) is 1.98. The van der Waals surface area contributed by atoms with Gasteiger partial charge in [-0.3, -0.25) is 0 Å². The Morgan fingerprint density at radius 1 is 1.33 bits per heavy atom. The van der Waals surface area contributed by atoms with Gasteiger partial charge in [0.1, 0.15) is 12.7 Å². The number of anilines is 1. The zero-order valence-electron chi connectivity index (χ0n) is 11.0. The lowest BCUT2D eigenvalue weighted by atomic mass is 10.1. The standard InChI is InChI=1S/C14H20N4/c1-3-4-7-12(2)17-13-8-5-6-9-14(13)18-11-15-10-16-18/h5-6,8-12,17H,3-4,7H2,1-2H3. The maximum absolute atomic E-state index is 4.18. The second kappa shape index (κ2) is 6.19. The van der Waals surface area contributed by atoms with Crippen LogP contribution in [0.2, 0.25) is 0 Å². The molecule has 1 atom stereocenters. The molecule has 0 radical (unpaired) electrons. The first kappa shape index (κ1) is 12.6. The molecule has 0 spiro atoms. The predicted octanol–water partition coefficient (Wildman–Crippen LogP) is 3.26. The molecule has 1 aromatic carbocycles. The number of unbranched alkanes of at least 4 members (excludes halogenated alkanes) is 1. The van der Waals surface area contributed by atoms with E-state index in [1.54, 1.807) is 17.3 Å². The van der Waals surface area contributed by atoms with Crippen LogP contribution in [-0.4, -0.2) is 20.8 Å². The molecule has 4 heteroatoms. The van der Waals surface area contributed by atoms with E-state index in [4.69, 9.17) is 0 Å². The van der Waals surface area contributed by atoms with Crippen LogP contribution >= 0.6 is 0 Å². The van der Waals surface area contributed by atoms with Crippen LogP contribution in [0.25, 0.3) is 5.69 Å². The Kier molecular flexibility index (Phi) is 4.34. The van der Waals surface area contributed by atoms with E-state index in [0.29, 0.717) is 6.04 Å². The topological polar surface area (TPSA) is 42.7 Å². The highest BCUT2D eigenvalue weighted by Gasteiger charge is 2.07. The number of hydrogen-bond donors (Lipinski definition) is 1. The molecule has 0 aliphatic heterocycles. The van der Waals surface area contributed by atoms with Crippen molar-refractivity contribution in [2.45, 2.75) is 39.2 Å². The molecule has 2 aromatic rings. The van der Waals surface area contributed by atoms with E-state index in [1.807, 2.05) is 18.2 Å². The summed E-state index contributed by atoms with van der Waals surface area (Å²) in [4.78, 5) is 3.99. The summed E-state index contributed by atoms with van der Waals surface area (Å²) < 4.78 is 1.79. The van der Waals surface area contributed by atoms with Crippen LogP contribution < -0.4 is 5.32 Å². The first-order valence-electron chi connectivity index (χ1n) is 6.52. The number of hydrogen-bond acceptors (Lipinski definition) is 3. The van der Waals surface area contributed by atoms with Gasteiger partial charge in [0, 0.05) is 6.04 Å². The van der Waals surface area contributed by atoms with Crippen molar-refractivity contribution in [3.05, 3.63) is 36.9 Å². The van der Waals surface area contributed by atoms with Gasteiger partial charge in [-0.15, -0.1) is 0 Å². The number of nitrogens with one attached hydrogen (secondary N) is 1. The molecule has 1 heterocycles. The average molecular weight is 244 g/mol. The van der Waals surface area contributed by atoms with E-state index in [2.05, 4.69) is 35.3 Å². The van der Waals surface area contributed by atoms with Crippen LogP contribution in [0.3, 0.4) is 0 Å². The number of rotatable bonds is 6. The van der Waals surface area contributed by atoms with Crippen LogP contribution in [0, 0.1) is 0 Å². The third kappa shape index (κ3) is 3.09. The fraction of sp³-hybridized carbons (Fsp3) is 0.429. The Labute approximate surface area is 108 Å². The Bertz CT molecular complexity index is 464. The number of benzene rings is 1. The minimum absolute atomic E-state index is 0.467. The van der Waals surface area contributed by atoms with Gasteiger partial charge in [-0.05, 0) is 25.5 Å².